The minimum atomic E-state index is -0.346. The maximum atomic E-state index is 10.4. The number of benzene rings is 1. The van der Waals surface area contributed by atoms with Gasteiger partial charge in [-0.1, -0.05) is 30.3 Å². The van der Waals surface area contributed by atoms with E-state index in [1.165, 1.54) is 5.56 Å². The van der Waals surface area contributed by atoms with E-state index in [2.05, 4.69) is 42.5 Å². The molecule has 0 spiro atoms. The Balaban J connectivity index is 1.31. The molecule has 3 N–H and O–H groups in total. The van der Waals surface area contributed by atoms with Gasteiger partial charge in [-0.15, -0.1) is 0 Å². The first-order valence-corrected chi connectivity index (χ1v) is 8.63. The van der Waals surface area contributed by atoms with Gasteiger partial charge in [0.2, 0.25) is 0 Å². The van der Waals surface area contributed by atoms with Crippen LogP contribution in [0.25, 0.3) is 11.0 Å². The Kier molecular flexibility index (Phi) is 4.58. The molecule has 0 radical (unpaired) electrons. The second-order valence-corrected chi connectivity index (χ2v) is 6.59. The van der Waals surface area contributed by atoms with E-state index < -0.39 is 0 Å². The molecular formula is C18H22N6O. The molecule has 2 aromatic heterocycles. The van der Waals surface area contributed by atoms with Crippen molar-refractivity contribution in [2.45, 2.75) is 25.0 Å². The molecule has 25 heavy (non-hydrogen) atoms. The Morgan fingerprint density at radius 1 is 1.28 bits per heavy atom. The van der Waals surface area contributed by atoms with Gasteiger partial charge in [-0.3, -0.25) is 10.00 Å². The Bertz CT molecular complexity index is 821. The minimum Gasteiger partial charge on any atom is -0.391 e. The molecule has 1 aliphatic heterocycles. The Morgan fingerprint density at radius 3 is 3.04 bits per heavy atom. The number of likely N-dealkylation sites (tertiary alicyclic amines) is 1. The number of aromatic nitrogens is 4. The van der Waals surface area contributed by atoms with Gasteiger partial charge in [-0.05, 0) is 18.4 Å². The third-order valence-electron chi connectivity index (χ3n) is 4.64. The molecule has 1 saturated heterocycles. The van der Waals surface area contributed by atoms with Crippen LogP contribution in [0.2, 0.25) is 0 Å². The maximum absolute atomic E-state index is 10.4. The van der Waals surface area contributed by atoms with Crippen molar-refractivity contribution in [3.8, 4) is 0 Å². The van der Waals surface area contributed by atoms with Gasteiger partial charge in [0.15, 0.2) is 5.65 Å². The van der Waals surface area contributed by atoms with Crippen molar-refractivity contribution in [1.82, 2.24) is 25.1 Å². The van der Waals surface area contributed by atoms with Crippen LogP contribution < -0.4 is 5.32 Å². The van der Waals surface area contributed by atoms with Crippen LogP contribution in [0.3, 0.4) is 0 Å². The van der Waals surface area contributed by atoms with Gasteiger partial charge in [-0.2, -0.15) is 5.10 Å². The van der Waals surface area contributed by atoms with Crippen LogP contribution in [0.1, 0.15) is 12.0 Å². The number of rotatable bonds is 6. The summed E-state index contributed by atoms with van der Waals surface area (Å²) < 4.78 is 0. The van der Waals surface area contributed by atoms with E-state index in [1.807, 2.05) is 18.2 Å². The van der Waals surface area contributed by atoms with Crippen molar-refractivity contribution in [2.75, 3.05) is 25.0 Å². The van der Waals surface area contributed by atoms with Gasteiger partial charge in [0.25, 0.3) is 0 Å². The Labute approximate surface area is 146 Å². The zero-order chi connectivity index (χ0) is 17.1. The van der Waals surface area contributed by atoms with Crippen molar-refractivity contribution in [3.63, 3.8) is 0 Å². The summed E-state index contributed by atoms with van der Waals surface area (Å²) in [5.41, 5.74) is 1.91. The van der Waals surface area contributed by atoms with Crippen LogP contribution >= 0.6 is 0 Å². The van der Waals surface area contributed by atoms with Crippen LogP contribution in [0.15, 0.2) is 42.9 Å². The molecule has 7 nitrogen and oxygen atoms in total. The summed E-state index contributed by atoms with van der Waals surface area (Å²) in [6.07, 6.45) is 4.66. The van der Waals surface area contributed by atoms with E-state index in [0.717, 1.165) is 36.4 Å². The first-order chi connectivity index (χ1) is 12.3. The number of aliphatic hydroxyl groups is 1. The molecule has 1 fully saturated rings. The Hall–Kier alpha value is -2.51. The number of anilines is 1. The quantitative estimate of drug-likeness (QED) is 0.630. The van der Waals surface area contributed by atoms with E-state index >= 15 is 0 Å². The van der Waals surface area contributed by atoms with E-state index in [0.29, 0.717) is 19.0 Å². The molecule has 0 saturated carbocycles. The minimum absolute atomic E-state index is 0.317. The van der Waals surface area contributed by atoms with Crippen molar-refractivity contribution in [2.24, 2.45) is 0 Å². The molecule has 0 aliphatic carbocycles. The SMILES string of the molecule is OC(Cc1ccccc1)CN1CCC(Nc2ncnc3[nH]ncc23)C1. The van der Waals surface area contributed by atoms with Crippen LogP contribution in [-0.4, -0.2) is 62.0 Å². The summed E-state index contributed by atoms with van der Waals surface area (Å²) in [5, 5.41) is 21.6. The predicted molar refractivity (Wildman–Crippen MR) is 96.3 cm³/mol. The summed E-state index contributed by atoms with van der Waals surface area (Å²) >= 11 is 0. The highest BCUT2D eigenvalue weighted by molar-refractivity contribution is 5.85. The number of hydrogen-bond donors (Lipinski definition) is 3. The number of aliphatic hydroxyl groups excluding tert-OH is 1. The summed E-state index contributed by atoms with van der Waals surface area (Å²) in [5.74, 6) is 0.815. The molecule has 3 heterocycles. The molecule has 0 bridgehead atoms. The van der Waals surface area contributed by atoms with Gasteiger partial charge in [-0.25, -0.2) is 9.97 Å². The van der Waals surface area contributed by atoms with Crippen LogP contribution in [0, 0.1) is 0 Å². The zero-order valence-electron chi connectivity index (χ0n) is 14.0. The van der Waals surface area contributed by atoms with Gasteiger partial charge in [0.1, 0.15) is 12.1 Å². The van der Waals surface area contributed by atoms with E-state index in [9.17, 15) is 5.11 Å². The third kappa shape index (κ3) is 3.78. The summed E-state index contributed by atoms with van der Waals surface area (Å²) in [7, 11) is 0. The first kappa shape index (κ1) is 16.0. The lowest BCUT2D eigenvalue weighted by molar-refractivity contribution is 0.125. The van der Waals surface area contributed by atoms with E-state index in [-0.39, 0.29) is 6.10 Å². The zero-order valence-corrected chi connectivity index (χ0v) is 14.0. The standard InChI is InChI=1S/C18H22N6O/c25-15(8-13-4-2-1-3-5-13)11-24-7-6-14(10-24)22-17-16-9-21-23-18(16)20-12-19-17/h1-5,9,12,14-15,25H,6-8,10-11H2,(H2,19,20,21,22,23). The second kappa shape index (κ2) is 7.16. The van der Waals surface area contributed by atoms with Gasteiger partial charge >= 0.3 is 0 Å². The predicted octanol–water partition coefficient (Wildman–Crippen LogP) is 1.44. The Morgan fingerprint density at radius 2 is 2.16 bits per heavy atom. The second-order valence-electron chi connectivity index (χ2n) is 6.59. The smallest absolute Gasteiger partial charge is 0.160 e. The fraction of sp³-hybridized carbons (Fsp3) is 0.389. The first-order valence-electron chi connectivity index (χ1n) is 8.63. The van der Waals surface area contributed by atoms with Gasteiger partial charge < -0.3 is 10.4 Å². The van der Waals surface area contributed by atoms with Gasteiger partial charge in [0.05, 0.1) is 17.7 Å². The number of β-amino-alcohol motifs (C(OH)–C–C–N with tert-alkyl or cyclic N) is 1. The molecule has 1 aromatic carbocycles. The highest BCUT2D eigenvalue weighted by Crippen LogP contribution is 2.20. The maximum Gasteiger partial charge on any atom is 0.160 e. The lowest BCUT2D eigenvalue weighted by Crippen LogP contribution is -2.33. The molecule has 2 unspecified atom stereocenters. The normalized spacial score (nSPS) is 19.3. The van der Waals surface area contributed by atoms with Crippen molar-refractivity contribution in [3.05, 3.63) is 48.4 Å². The average molecular weight is 338 g/mol. The number of fused-ring (bicyclic) bond motifs is 1. The average Bonchev–Trinajstić information content (AvgIpc) is 3.25. The molecule has 7 heteroatoms. The van der Waals surface area contributed by atoms with Crippen molar-refractivity contribution < 1.29 is 5.11 Å². The molecule has 0 amide bonds. The molecule has 1 aliphatic rings. The number of H-pyrrole nitrogens is 1. The molecule has 2 atom stereocenters. The third-order valence-corrected chi connectivity index (χ3v) is 4.64. The number of aromatic amines is 1. The molecule has 4 rings (SSSR count). The van der Waals surface area contributed by atoms with Crippen LogP contribution in [-0.2, 0) is 6.42 Å². The lowest BCUT2D eigenvalue weighted by Gasteiger charge is -2.20. The van der Waals surface area contributed by atoms with Crippen molar-refractivity contribution >= 4 is 16.9 Å². The summed E-state index contributed by atoms with van der Waals surface area (Å²) in [6, 6.07) is 10.5. The largest absolute Gasteiger partial charge is 0.391 e. The summed E-state index contributed by atoms with van der Waals surface area (Å²) in [6.45, 7) is 2.57. The summed E-state index contributed by atoms with van der Waals surface area (Å²) in [4.78, 5) is 10.8. The highest BCUT2D eigenvalue weighted by atomic mass is 16.3. The highest BCUT2D eigenvalue weighted by Gasteiger charge is 2.25. The molecule has 3 aromatic rings. The van der Waals surface area contributed by atoms with E-state index in [4.69, 9.17) is 0 Å². The van der Waals surface area contributed by atoms with Crippen LogP contribution in [0.4, 0.5) is 5.82 Å². The molecular weight excluding hydrogens is 316 g/mol. The van der Waals surface area contributed by atoms with Crippen LogP contribution in [0.5, 0.6) is 0 Å². The number of hydrogen-bond acceptors (Lipinski definition) is 6. The number of nitrogens with zero attached hydrogens (tertiary/aromatic N) is 4. The lowest BCUT2D eigenvalue weighted by atomic mass is 10.1. The fourth-order valence-electron chi connectivity index (χ4n) is 3.44. The topological polar surface area (TPSA) is 90.0 Å². The molecule has 130 valence electrons. The van der Waals surface area contributed by atoms with E-state index in [1.54, 1.807) is 12.5 Å². The number of nitrogens with one attached hydrogen (secondary N) is 2. The van der Waals surface area contributed by atoms with Gasteiger partial charge in [0, 0.05) is 25.7 Å². The fourth-order valence-corrected chi connectivity index (χ4v) is 3.44. The monoisotopic (exact) mass is 338 g/mol. The van der Waals surface area contributed by atoms with Crippen molar-refractivity contribution in [1.29, 1.82) is 0 Å².